The Balaban J connectivity index is 2.05. The van der Waals surface area contributed by atoms with Gasteiger partial charge in [-0.1, -0.05) is 0 Å². The van der Waals surface area contributed by atoms with Gasteiger partial charge in [0.1, 0.15) is 6.04 Å². The van der Waals surface area contributed by atoms with Crippen LogP contribution in [0.2, 0.25) is 0 Å². The van der Waals surface area contributed by atoms with E-state index >= 15 is 0 Å². The Morgan fingerprint density at radius 1 is 1.33 bits per heavy atom. The standard InChI is InChI=1S/C13H16N2O2S/c1-3-15-12(16)8-11(13(15)17)14-9-4-6-10(18-2)7-5-9/h4-7,11,14H,3,8H2,1-2H3/t11-/m1/s1. The zero-order valence-electron chi connectivity index (χ0n) is 10.5. The summed E-state index contributed by atoms with van der Waals surface area (Å²) in [6.07, 6.45) is 2.26. The second-order valence-electron chi connectivity index (χ2n) is 4.11. The summed E-state index contributed by atoms with van der Waals surface area (Å²) < 4.78 is 0. The van der Waals surface area contributed by atoms with Gasteiger partial charge in [-0.25, -0.2) is 0 Å². The molecule has 0 saturated carbocycles. The summed E-state index contributed by atoms with van der Waals surface area (Å²) in [6.45, 7) is 2.26. The van der Waals surface area contributed by atoms with Crippen molar-refractivity contribution in [2.24, 2.45) is 0 Å². The summed E-state index contributed by atoms with van der Waals surface area (Å²) in [5, 5.41) is 3.12. The molecule has 0 unspecified atom stereocenters. The summed E-state index contributed by atoms with van der Waals surface area (Å²) in [7, 11) is 0. The van der Waals surface area contributed by atoms with Crippen LogP contribution in [-0.2, 0) is 9.59 Å². The number of amides is 2. The molecule has 1 aliphatic heterocycles. The maximum atomic E-state index is 11.9. The molecule has 0 spiro atoms. The van der Waals surface area contributed by atoms with Crippen LogP contribution < -0.4 is 5.32 Å². The Morgan fingerprint density at radius 2 is 2.00 bits per heavy atom. The topological polar surface area (TPSA) is 49.4 Å². The van der Waals surface area contributed by atoms with Crippen molar-refractivity contribution in [1.82, 2.24) is 4.90 Å². The van der Waals surface area contributed by atoms with E-state index in [2.05, 4.69) is 5.32 Å². The normalized spacial score (nSPS) is 19.4. The van der Waals surface area contributed by atoms with Gasteiger partial charge in [-0.05, 0) is 37.4 Å². The summed E-state index contributed by atoms with van der Waals surface area (Å²) >= 11 is 1.67. The van der Waals surface area contributed by atoms with E-state index in [9.17, 15) is 9.59 Å². The fraction of sp³-hybridized carbons (Fsp3) is 0.385. The van der Waals surface area contributed by atoms with Crippen LogP contribution >= 0.6 is 11.8 Å². The molecule has 1 atom stereocenters. The van der Waals surface area contributed by atoms with Crippen molar-refractivity contribution in [3.8, 4) is 0 Å². The number of hydrogen-bond acceptors (Lipinski definition) is 4. The molecule has 1 fully saturated rings. The second kappa shape index (κ2) is 5.44. The second-order valence-corrected chi connectivity index (χ2v) is 4.99. The minimum atomic E-state index is -0.419. The number of carbonyl (C=O) groups excluding carboxylic acids is 2. The highest BCUT2D eigenvalue weighted by Gasteiger charge is 2.37. The van der Waals surface area contributed by atoms with Gasteiger partial charge < -0.3 is 5.32 Å². The molecule has 1 aromatic rings. The Hall–Kier alpha value is -1.49. The predicted molar refractivity (Wildman–Crippen MR) is 72.6 cm³/mol. The third kappa shape index (κ3) is 2.51. The zero-order chi connectivity index (χ0) is 13.1. The van der Waals surface area contributed by atoms with E-state index in [-0.39, 0.29) is 18.2 Å². The summed E-state index contributed by atoms with van der Waals surface area (Å²) in [5.41, 5.74) is 0.872. The summed E-state index contributed by atoms with van der Waals surface area (Å²) in [4.78, 5) is 26.0. The molecule has 0 aromatic heterocycles. The first-order valence-electron chi connectivity index (χ1n) is 5.90. The van der Waals surface area contributed by atoms with E-state index in [1.54, 1.807) is 11.8 Å². The van der Waals surface area contributed by atoms with Crippen molar-refractivity contribution in [2.75, 3.05) is 18.1 Å². The number of anilines is 1. The highest BCUT2D eigenvalue weighted by molar-refractivity contribution is 7.98. The maximum absolute atomic E-state index is 11.9. The van der Waals surface area contributed by atoms with Gasteiger partial charge in [0, 0.05) is 17.1 Å². The van der Waals surface area contributed by atoms with Crippen LogP contribution in [0.1, 0.15) is 13.3 Å². The first-order chi connectivity index (χ1) is 8.65. The molecule has 2 rings (SSSR count). The van der Waals surface area contributed by atoms with Crippen molar-refractivity contribution < 1.29 is 9.59 Å². The number of nitrogens with zero attached hydrogens (tertiary/aromatic N) is 1. The monoisotopic (exact) mass is 264 g/mol. The smallest absolute Gasteiger partial charge is 0.252 e. The number of nitrogens with one attached hydrogen (secondary N) is 1. The first-order valence-corrected chi connectivity index (χ1v) is 7.13. The molecule has 1 heterocycles. The Bertz CT molecular complexity index is 459. The number of thioether (sulfide) groups is 1. The maximum Gasteiger partial charge on any atom is 0.252 e. The molecule has 1 N–H and O–H groups in total. The molecule has 0 bridgehead atoms. The number of likely N-dealkylation sites (tertiary alicyclic amines) is 1. The van der Waals surface area contributed by atoms with Gasteiger partial charge in [0.2, 0.25) is 5.91 Å². The number of imide groups is 1. The largest absolute Gasteiger partial charge is 0.373 e. The molecule has 1 aromatic carbocycles. The summed E-state index contributed by atoms with van der Waals surface area (Å²) in [6, 6.07) is 7.42. The number of rotatable bonds is 4. The third-order valence-electron chi connectivity index (χ3n) is 2.99. The van der Waals surface area contributed by atoms with Crippen molar-refractivity contribution in [2.45, 2.75) is 24.3 Å². The Labute approximate surface area is 111 Å². The van der Waals surface area contributed by atoms with E-state index in [0.29, 0.717) is 6.54 Å². The van der Waals surface area contributed by atoms with E-state index in [1.807, 2.05) is 37.4 Å². The molecule has 1 aliphatic rings. The van der Waals surface area contributed by atoms with Gasteiger partial charge in [0.05, 0.1) is 6.42 Å². The highest BCUT2D eigenvalue weighted by Crippen LogP contribution is 2.21. The summed E-state index contributed by atoms with van der Waals surface area (Å²) in [5.74, 6) is -0.225. The Kier molecular flexibility index (Phi) is 3.91. The van der Waals surface area contributed by atoms with E-state index in [0.717, 1.165) is 5.69 Å². The highest BCUT2D eigenvalue weighted by atomic mass is 32.2. The number of benzene rings is 1. The quantitative estimate of drug-likeness (QED) is 0.667. The van der Waals surface area contributed by atoms with Crippen LogP contribution in [0, 0.1) is 0 Å². The fourth-order valence-corrected chi connectivity index (χ4v) is 2.42. The minimum absolute atomic E-state index is 0.0965. The molecular formula is C13H16N2O2S. The molecule has 18 heavy (non-hydrogen) atoms. The SMILES string of the molecule is CCN1C(=O)C[C@@H](Nc2ccc(SC)cc2)C1=O. The molecule has 0 aliphatic carbocycles. The molecule has 5 heteroatoms. The van der Waals surface area contributed by atoms with E-state index < -0.39 is 6.04 Å². The van der Waals surface area contributed by atoms with Gasteiger partial charge in [-0.15, -0.1) is 11.8 Å². The van der Waals surface area contributed by atoms with Gasteiger partial charge in [0.15, 0.2) is 0 Å². The van der Waals surface area contributed by atoms with Crippen LogP contribution in [0.15, 0.2) is 29.2 Å². The predicted octanol–water partition coefficient (Wildman–Crippen LogP) is 1.97. The molecule has 96 valence electrons. The van der Waals surface area contributed by atoms with Gasteiger partial charge in [-0.2, -0.15) is 0 Å². The van der Waals surface area contributed by atoms with Crippen molar-refractivity contribution in [3.05, 3.63) is 24.3 Å². The van der Waals surface area contributed by atoms with Gasteiger partial charge in [-0.3, -0.25) is 14.5 Å². The van der Waals surface area contributed by atoms with Gasteiger partial charge >= 0.3 is 0 Å². The van der Waals surface area contributed by atoms with E-state index in [1.165, 1.54) is 9.80 Å². The Morgan fingerprint density at radius 3 is 2.50 bits per heavy atom. The van der Waals surface area contributed by atoms with Crippen molar-refractivity contribution in [1.29, 1.82) is 0 Å². The molecule has 2 amide bonds. The zero-order valence-corrected chi connectivity index (χ0v) is 11.3. The molecule has 1 saturated heterocycles. The van der Waals surface area contributed by atoms with E-state index in [4.69, 9.17) is 0 Å². The fourth-order valence-electron chi connectivity index (χ4n) is 2.02. The molecule has 0 radical (unpaired) electrons. The lowest BCUT2D eigenvalue weighted by molar-refractivity contribution is -0.138. The number of likely N-dealkylation sites (N-methyl/N-ethyl adjacent to an activating group) is 1. The van der Waals surface area contributed by atoms with Crippen LogP contribution in [0.5, 0.6) is 0 Å². The number of hydrogen-bond donors (Lipinski definition) is 1. The lowest BCUT2D eigenvalue weighted by Crippen LogP contribution is -2.34. The van der Waals surface area contributed by atoms with Crippen molar-refractivity contribution >= 4 is 29.3 Å². The first kappa shape index (κ1) is 13.0. The molecular weight excluding hydrogens is 248 g/mol. The lowest BCUT2D eigenvalue weighted by atomic mass is 10.2. The third-order valence-corrected chi connectivity index (χ3v) is 3.73. The average Bonchev–Trinajstić information content (AvgIpc) is 2.65. The van der Waals surface area contributed by atoms with Crippen LogP contribution in [0.4, 0.5) is 5.69 Å². The molecule has 4 nitrogen and oxygen atoms in total. The lowest BCUT2D eigenvalue weighted by Gasteiger charge is -2.14. The van der Waals surface area contributed by atoms with Crippen LogP contribution in [-0.4, -0.2) is 35.6 Å². The number of carbonyl (C=O) groups is 2. The minimum Gasteiger partial charge on any atom is -0.373 e. The average molecular weight is 264 g/mol. The van der Waals surface area contributed by atoms with Gasteiger partial charge in [0.25, 0.3) is 5.91 Å². The van der Waals surface area contributed by atoms with Crippen LogP contribution in [0.3, 0.4) is 0 Å². The van der Waals surface area contributed by atoms with Crippen LogP contribution in [0.25, 0.3) is 0 Å². The van der Waals surface area contributed by atoms with Crippen molar-refractivity contribution in [3.63, 3.8) is 0 Å².